The molecule has 0 aromatic carbocycles. The summed E-state index contributed by atoms with van der Waals surface area (Å²) in [6.45, 7) is 6.84. The van der Waals surface area contributed by atoms with Crippen molar-refractivity contribution in [3.8, 4) is 0 Å². The number of hydrogen-bond acceptors (Lipinski definition) is 4. The van der Waals surface area contributed by atoms with E-state index in [1.165, 1.54) is 4.31 Å². The number of aliphatic hydroxyl groups excluding tert-OH is 1. The Kier molecular flexibility index (Phi) is 4.53. The third-order valence-electron chi connectivity index (χ3n) is 3.62. The van der Waals surface area contributed by atoms with Crippen LogP contribution < -0.4 is 0 Å². The van der Waals surface area contributed by atoms with Crippen LogP contribution in [0.3, 0.4) is 0 Å². The fourth-order valence-corrected chi connectivity index (χ4v) is 4.19. The third-order valence-corrected chi connectivity index (χ3v) is 5.57. The van der Waals surface area contributed by atoms with E-state index in [1.54, 1.807) is 16.8 Å². The van der Waals surface area contributed by atoms with Crippen molar-refractivity contribution >= 4 is 10.0 Å². The van der Waals surface area contributed by atoms with Gasteiger partial charge in [0, 0.05) is 31.0 Å². The molecule has 1 saturated heterocycles. The van der Waals surface area contributed by atoms with Crippen molar-refractivity contribution in [2.45, 2.75) is 51.0 Å². The van der Waals surface area contributed by atoms with E-state index in [2.05, 4.69) is 0 Å². The van der Waals surface area contributed by atoms with Crippen molar-refractivity contribution in [3.05, 3.63) is 18.0 Å². The largest absolute Gasteiger partial charge is 0.390 e. The van der Waals surface area contributed by atoms with Crippen LogP contribution in [0, 0.1) is 0 Å². The zero-order valence-electron chi connectivity index (χ0n) is 12.1. The van der Waals surface area contributed by atoms with Crippen LogP contribution in [0.25, 0.3) is 0 Å². The molecular formula is C13H22N2O4S. The minimum absolute atomic E-state index is 0.105. The summed E-state index contributed by atoms with van der Waals surface area (Å²) < 4.78 is 34.1. The summed E-state index contributed by atoms with van der Waals surface area (Å²) in [5, 5.41) is 9.28. The first-order valence-electron chi connectivity index (χ1n) is 6.83. The highest BCUT2D eigenvalue weighted by Gasteiger charge is 2.34. The van der Waals surface area contributed by atoms with Gasteiger partial charge in [0.25, 0.3) is 0 Å². The summed E-state index contributed by atoms with van der Waals surface area (Å²) in [5.41, 5.74) is 0.611. The molecule has 0 saturated carbocycles. The Bertz CT molecular complexity index is 545. The normalized spacial score (nSPS) is 25.0. The van der Waals surface area contributed by atoms with E-state index in [9.17, 15) is 13.5 Å². The number of morpholine rings is 1. The first-order valence-corrected chi connectivity index (χ1v) is 8.27. The van der Waals surface area contributed by atoms with Crippen molar-refractivity contribution in [1.29, 1.82) is 0 Å². The van der Waals surface area contributed by atoms with Gasteiger partial charge in [-0.2, -0.15) is 4.31 Å². The molecule has 2 rings (SSSR count). The highest BCUT2D eigenvalue weighted by Crippen LogP contribution is 2.24. The molecule has 0 bridgehead atoms. The number of aryl methyl sites for hydroxylation is 1. The van der Waals surface area contributed by atoms with Crippen molar-refractivity contribution < 1.29 is 18.3 Å². The second-order valence-corrected chi connectivity index (χ2v) is 7.07. The van der Waals surface area contributed by atoms with Crippen LogP contribution in [0.2, 0.25) is 0 Å². The lowest BCUT2D eigenvalue weighted by Crippen LogP contribution is -2.49. The van der Waals surface area contributed by atoms with Crippen LogP contribution in [0.4, 0.5) is 0 Å². The fraction of sp³-hybridized carbons (Fsp3) is 0.692. The SMILES string of the molecule is CCn1cc(S(=O)(=O)N2CC(C)OCC2C)cc1CO. The molecule has 1 fully saturated rings. The number of rotatable bonds is 4. The van der Waals surface area contributed by atoms with Crippen molar-refractivity contribution in [2.75, 3.05) is 13.2 Å². The predicted octanol–water partition coefficient (Wildman–Crippen LogP) is 0.798. The first kappa shape index (κ1) is 15.5. The molecule has 0 aliphatic carbocycles. The topological polar surface area (TPSA) is 71.8 Å². The van der Waals surface area contributed by atoms with E-state index in [1.807, 2.05) is 20.8 Å². The summed E-state index contributed by atoms with van der Waals surface area (Å²) in [5.74, 6) is 0. The zero-order chi connectivity index (χ0) is 14.9. The molecule has 6 nitrogen and oxygen atoms in total. The molecule has 1 aromatic rings. The molecule has 1 aliphatic rings. The lowest BCUT2D eigenvalue weighted by molar-refractivity contribution is -0.0170. The lowest BCUT2D eigenvalue weighted by Gasteiger charge is -2.35. The van der Waals surface area contributed by atoms with Crippen LogP contribution in [-0.2, 0) is 27.9 Å². The molecule has 2 atom stereocenters. The van der Waals surface area contributed by atoms with Crippen molar-refractivity contribution in [2.24, 2.45) is 0 Å². The number of sulfonamides is 1. The second-order valence-electron chi connectivity index (χ2n) is 5.18. The van der Waals surface area contributed by atoms with Gasteiger partial charge < -0.3 is 14.4 Å². The molecule has 7 heteroatoms. The van der Waals surface area contributed by atoms with Gasteiger partial charge in [0.2, 0.25) is 10.0 Å². The number of ether oxygens (including phenoxy) is 1. The number of hydrogen-bond donors (Lipinski definition) is 1. The molecule has 1 N–H and O–H groups in total. The molecular weight excluding hydrogens is 280 g/mol. The minimum atomic E-state index is -3.54. The van der Waals surface area contributed by atoms with Gasteiger partial charge in [0.15, 0.2) is 0 Å². The van der Waals surface area contributed by atoms with Crippen LogP contribution in [-0.4, -0.2) is 47.7 Å². The van der Waals surface area contributed by atoms with E-state index >= 15 is 0 Å². The zero-order valence-corrected chi connectivity index (χ0v) is 12.9. The predicted molar refractivity (Wildman–Crippen MR) is 74.8 cm³/mol. The van der Waals surface area contributed by atoms with Gasteiger partial charge in [-0.15, -0.1) is 0 Å². The molecule has 1 aliphatic heterocycles. The van der Waals surface area contributed by atoms with Crippen LogP contribution >= 0.6 is 0 Å². The molecule has 2 heterocycles. The van der Waals surface area contributed by atoms with E-state index in [4.69, 9.17) is 4.74 Å². The molecule has 0 spiro atoms. The average Bonchev–Trinajstić information content (AvgIpc) is 2.85. The molecule has 0 amide bonds. The Balaban J connectivity index is 2.36. The van der Waals surface area contributed by atoms with Crippen LogP contribution in [0.15, 0.2) is 17.2 Å². The maximum absolute atomic E-state index is 12.7. The highest BCUT2D eigenvalue weighted by molar-refractivity contribution is 7.89. The molecule has 1 aromatic heterocycles. The van der Waals surface area contributed by atoms with Crippen molar-refractivity contribution in [1.82, 2.24) is 8.87 Å². The molecule has 0 radical (unpaired) electrons. The van der Waals surface area contributed by atoms with Gasteiger partial charge in [-0.3, -0.25) is 0 Å². The maximum atomic E-state index is 12.7. The lowest BCUT2D eigenvalue weighted by atomic mass is 10.2. The van der Waals surface area contributed by atoms with Crippen LogP contribution in [0.1, 0.15) is 26.5 Å². The Morgan fingerprint density at radius 3 is 2.70 bits per heavy atom. The summed E-state index contributed by atoms with van der Waals surface area (Å²) in [6, 6.07) is 1.37. The Labute approximate surface area is 120 Å². The minimum Gasteiger partial charge on any atom is -0.390 e. The monoisotopic (exact) mass is 302 g/mol. The first-order chi connectivity index (χ1) is 9.40. The third kappa shape index (κ3) is 2.76. The quantitative estimate of drug-likeness (QED) is 0.893. The van der Waals surface area contributed by atoms with Crippen molar-refractivity contribution in [3.63, 3.8) is 0 Å². The Morgan fingerprint density at radius 1 is 1.45 bits per heavy atom. The molecule has 114 valence electrons. The van der Waals surface area contributed by atoms with Gasteiger partial charge in [-0.05, 0) is 26.8 Å². The standard InChI is InChI=1S/C13H22N2O4S/c1-4-14-7-13(5-12(14)8-16)20(17,18)15-6-11(3)19-9-10(15)2/h5,7,10-11,16H,4,6,8-9H2,1-3H3. The van der Waals surface area contributed by atoms with Gasteiger partial charge in [0.05, 0.1) is 19.3 Å². The molecule has 2 unspecified atom stereocenters. The fourth-order valence-electron chi connectivity index (χ4n) is 2.44. The van der Waals surface area contributed by atoms with Gasteiger partial charge in [-0.25, -0.2) is 8.42 Å². The second kappa shape index (κ2) is 5.85. The highest BCUT2D eigenvalue weighted by atomic mass is 32.2. The van der Waals surface area contributed by atoms with Crippen LogP contribution in [0.5, 0.6) is 0 Å². The van der Waals surface area contributed by atoms with E-state index in [0.717, 1.165) is 0 Å². The summed E-state index contributed by atoms with van der Waals surface area (Å²) in [7, 11) is -3.54. The van der Waals surface area contributed by atoms with E-state index in [-0.39, 0.29) is 23.6 Å². The summed E-state index contributed by atoms with van der Waals surface area (Å²) >= 11 is 0. The van der Waals surface area contributed by atoms with E-state index in [0.29, 0.717) is 25.4 Å². The number of nitrogens with zero attached hydrogens (tertiary/aromatic N) is 2. The number of aromatic nitrogens is 1. The molecule has 20 heavy (non-hydrogen) atoms. The van der Waals surface area contributed by atoms with Gasteiger partial charge >= 0.3 is 0 Å². The number of aliphatic hydroxyl groups is 1. The summed E-state index contributed by atoms with van der Waals surface area (Å²) in [6.07, 6.45) is 1.49. The maximum Gasteiger partial charge on any atom is 0.245 e. The van der Waals surface area contributed by atoms with Gasteiger partial charge in [0.1, 0.15) is 4.90 Å². The van der Waals surface area contributed by atoms with E-state index < -0.39 is 10.0 Å². The average molecular weight is 302 g/mol. The summed E-state index contributed by atoms with van der Waals surface area (Å²) in [4.78, 5) is 0.240. The van der Waals surface area contributed by atoms with Gasteiger partial charge in [-0.1, -0.05) is 0 Å². The smallest absolute Gasteiger partial charge is 0.245 e. The Hall–Kier alpha value is -0.890. The Morgan fingerprint density at radius 2 is 2.15 bits per heavy atom.